The van der Waals surface area contributed by atoms with Gasteiger partial charge in [-0.2, -0.15) is 0 Å². The predicted octanol–water partition coefficient (Wildman–Crippen LogP) is 1.36. The molecule has 3 aromatic rings. The molecule has 12 heteroatoms. The highest BCUT2D eigenvalue weighted by Crippen LogP contribution is 2.25. The van der Waals surface area contributed by atoms with Crippen LogP contribution in [0.1, 0.15) is 11.3 Å². The zero-order valence-electron chi connectivity index (χ0n) is 17.1. The van der Waals surface area contributed by atoms with Crippen LogP contribution in [0.4, 0.5) is 5.82 Å². The number of nitrogens with zero attached hydrogens (tertiary/aromatic N) is 2. The van der Waals surface area contributed by atoms with Crippen molar-refractivity contribution in [1.82, 2.24) is 9.71 Å². The first-order chi connectivity index (χ1) is 15.3. The molecule has 0 bridgehead atoms. The van der Waals surface area contributed by atoms with E-state index < -0.39 is 28.8 Å². The van der Waals surface area contributed by atoms with Gasteiger partial charge in [0.15, 0.2) is 0 Å². The zero-order valence-corrected chi connectivity index (χ0v) is 18.7. The van der Waals surface area contributed by atoms with Crippen LogP contribution in [0.15, 0.2) is 47.1 Å². The molecule has 0 radical (unpaired) electrons. The summed E-state index contributed by atoms with van der Waals surface area (Å²) < 4.78 is 38.8. The number of hydrogen-bond donors (Lipinski definition) is 3. The summed E-state index contributed by atoms with van der Waals surface area (Å²) in [6.45, 7) is 2.30. The molecule has 1 atom stereocenters. The van der Waals surface area contributed by atoms with Gasteiger partial charge in [-0.3, -0.25) is 0 Å². The summed E-state index contributed by atoms with van der Waals surface area (Å²) in [7, 11) is -5.85. The van der Waals surface area contributed by atoms with E-state index in [-0.39, 0.29) is 6.42 Å². The highest BCUT2D eigenvalue weighted by molar-refractivity contribution is 7.88. The van der Waals surface area contributed by atoms with Gasteiger partial charge in [-0.05, 0) is 30.2 Å². The monoisotopic (exact) mass is 479 g/mol. The fourth-order valence-corrected chi connectivity index (χ4v) is 5.18. The van der Waals surface area contributed by atoms with Crippen LogP contribution in [0.5, 0.6) is 0 Å². The van der Waals surface area contributed by atoms with Crippen molar-refractivity contribution < 1.29 is 27.6 Å². The van der Waals surface area contributed by atoms with Crippen molar-refractivity contribution in [2.24, 2.45) is 0 Å². The molecule has 9 nitrogen and oxygen atoms in total. The molecule has 0 spiro atoms. The Balaban J connectivity index is 1.49. The van der Waals surface area contributed by atoms with Gasteiger partial charge in [0.05, 0.1) is 36.1 Å². The van der Waals surface area contributed by atoms with Crippen LogP contribution in [0.2, 0.25) is 5.02 Å². The van der Waals surface area contributed by atoms with E-state index in [2.05, 4.69) is 9.71 Å². The van der Waals surface area contributed by atoms with E-state index in [1.54, 1.807) is 18.2 Å². The van der Waals surface area contributed by atoms with Crippen molar-refractivity contribution >= 4 is 45.5 Å². The largest absolute Gasteiger partial charge is 0.471 e. The molecule has 2 aromatic heterocycles. The Kier molecular flexibility index (Phi) is 7.04. The van der Waals surface area contributed by atoms with Crippen molar-refractivity contribution in [3.63, 3.8) is 0 Å². The number of sulfonamides is 1. The molecule has 1 aliphatic rings. The lowest BCUT2D eigenvalue weighted by Gasteiger charge is -2.28. The first-order valence-corrected chi connectivity index (χ1v) is 12.1. The quantitative estimate of drug-likeness (QED) is 0.414. The number of para-hydroxylation sites is 1. The molecular formula is C20H23BClN3O6S. The van der Waals surface area contributed by atoms with E-state index in [4.69, 9.17) is 20.8 Å². The second-order valence-corrected chi connectivity index (χ2v) is 9.73. The maximum Gasteiger partial charge on any atom is 0.471 e. The zero-order chi connectivity index (χ0) is 22.7. The Morgan fingerprint density at radius 3 is 2.69 bits per heavy atom. The van der Waals surface area contributed by atoms with Crippen molar-refractivity contribution in [2.45, 2.75) is 18.1 Å². The number of halogens is 1. The second kappa shape index (κ2) is 9.78. The van der Waals surface area contributed by atoms with Gasteiger partial charge < -0.3 is 24.1 Å². The minimum atomic E-state index is -3.95. The summed E-state index contributed by atoms with van der Waals surface area (Å²) in [6, 6.07) is 10.4. The molecule has 32 heavy (non-hydrogen) atoms. The van der Waals surface area contributed by atoms with Gasteiger partial charge in [-0.1, -0.05) is 29.8 Å². The number of benzene rings is 1. The van der Waals surface area contributed by atoms with Gasteiger partial charge in [0.25, 0.3) is 0 Å². The molecule has 0 aliphatic carbocycles. The van der Waals surface area contributed by atoms with Crippen LogP contribution in [-0.4, -0.2) is 62.8 Å². The average molecular weight is 480 g/mol. The van der Waals surface area contributed by atoms with Gasteiger partial charge in [0.2, 0.25) is 10.0 Å². The number of anilines is 1. The minimum Gasteiger partial charge on any atom is -0.464 e. The number of furan rings is 1. The summed E-state index contributed by atoms with van der Waals surface area (Å²) in [6.07, 6.45) is 1.53. The van der Waals surface area contributed by atoms with E-state index in [9.17, 15) is 18.5 Å². The topological polar surface area (TPSA) is 125 Å². The number of rotatable bonds is 8. The Bertz CT molecular complexity index is 1180. The van der Waals surface area contributed by atoms with E-state index in [0.29, 0.717) is 54.0 Å². The van der Waals surface area contributed by atoms with Crippen LogP contribution < -0.4 is 9.62 Å². The Labute approximate surface area is 191 Å². The first kappa shape index (κ1) is 23.0. The normalized spacial score (nSPS) is 15.8. The number of fused-ring (bicyclic) bond motifs is 1. The van der Waals surface area contributed by atoms with E-state index in [1.165, 1.54) is 6.26 Å². The fourth-order valence-electron chi connectivity index (χ4n) is 3.65. The van der Waals surface area contributed by atoms with Crippen LogP contribution in [-0.2, 0) is 26.9 Å². The van der Waals surface area contributed by atoms with Crippen molar-refractivity contribution in [3.8, 4) is 0 Å². The third kappa shape index (κ3) is 5.42. The van der Waals surface area contributed by atoms with Gasteiger partial charge in [-0.25, -0.2) is 18.1 Å². The summed E-state index contributed by atoms with van der Waals surface area (Å²) in [5.74, 6) is -1.09. The molecule has 0 saturated carbocycles. The summed E-state index contributed by atoms with van der Waals surface area (Å²) >= 11 is 6.27. The number of aromatic nitrogens is 1. The van der Waals surface area contributed by atoms with Gasteiger partial charge in [0, 0.05) is 18.5 Å². The maximum atomic E-state index is 12.8. The Morgan fingerprint density at radius 2 is 1.94 bits per heavy atom. The van der Waals surface area contributed by atoms with Gasteiger partial charge in [-0.15, -0.1) is 0 Å². The molecule has 1 saturated heterocycles. The number of hydrogen-bond acceptors (Lipinski definition) is 8. The molecule has 0 amide bonds. The summed E-state index contributed by atoms with van der Waals surface area (Å²) in [5.41, 5.74) is 1.60. The molecule has 4 rings (SSSR count). The van der Waals surface area contributed by atoms with Crippen LogP contribution in [0, 0.1) is 0 Å². The molecule has 0 unspecified atom stereocenters. The third-order valence-corrected chi connectivity index (χ3v) is 6.86. The summed E-state index contributed by atoms with van der Waals surface area (Å²) in [4.78, 5) is 6.37. The van der Waals surface area contributed by atoms with E-state index >= 15 is 0 Å². The van der Waals surface area contributed by atoms with Gasteiger partial charge >= 0.3 is 7.12 Å². The molecular weight excluding hydrogens is 457 g/mol. The van der Waals surface area contributed by atoms with Crippen LogP contribution in [0.25, 0.3) is 11.0 Å². The fraction of sp³-hybridized carbons (Fsp3) is 0.350. The maximum absolute atomic E-state index is 12.8. The second-order valence-electron chi connectivity index (χ2n) is 7.57. The Hall–Kier alpha value is -2.15. The van der Waals surface area contributed by atoms with Gasteiger partial charge in [0.1, 0.15) is 17.2 Å². The highest BCUT2D eigenvalue weighted by atomic mass is 35.5. The lowest BCUT2D eigenvalue weighted by Crippen LogP contribution is -2.48. The molecule has 1 aromatic carbocycles. The molecule has 3 heterocycles. The number of nitrogens with one attached hydrogen (secondary N) is 1. The standard InChI is InChI=1S/C20H23BClN3O6S/c22-17-6-5-15(23-20(17)25-7-9-30-10-8-25)13-32(28,29)24-19(21(26)27)11-14-12-31-18-4-2-1-3-16(14)18/h1-6,12,19,24,26-27H,7-11,13H2/t19-/m0/s1. The SMILES string of the molecule is O=S(=O)(Cc1ccc(Cl)c(N2CCOCC2)n1)N[C@@H](Cc1coc2ccccc12)B(O)O. The first-order valence-electron chi connectivity index (χ1n) is 10.1. The predicted molar refractivity (Wildman–Crippen MR) is 122 cm³/mol. The number of ether oxygens (including phenoxy) is 1. The highest BCUT2D eigenvalue weighted by Gasteiger charge is 2.30. The van der Waals surface area contributed by atoms with Crippen molar-refractivity contribution in [2.75, 3.05) is 31.2 Å². The Morgan fingerprint density at radius 1 is 1.19 bits per heavy atom. The minimum absolute atomic E-state index is 0.0426. The van der Waals surface area contributed by atoms with E-state index in [0.717, 1.165) is 5.39 Å². The molecule has 3 N–H and O–H groups in total. The average Bonchev–Trinajstić information content (AvgIpc) is 3.18. The smallest absolute Gasteiger partial charge is 0.464 e. The van der Waals surface area contributed by atoms with E-state index in [1.807, 2.05) is 23.1 Å². The third-order valence-electron chi connectivity index (χ3n) is 5.23. The lowest BCUT2D eigenvalue weighted by molar-refractivity contribution is 0.122. The lowest BCUT2D eigenvalue weighted by atomic mass is 9.77. The van der Waals surface area contributed by atoms with Crippen molar-refractivity contribution in [3.05, 3.63) is 58.9 Å². The molecule has 1 fully saturated rings. The van der Waals surface area contributed by atoms with Crippen LogP contribution >= 0.6 is 11.6 Å². The molecule has 1 aliphatic heterocycles. The van der Waals surface area contributed by atoms with Crippen LogP contribution in [0.3, 0.4) is 0 Å². The number of morpholine rings is 1. The molecule has 170 valence electrons. The summed E-state index contributed by atoms with van der Waals surface area (Å²) in [5, 5.41) is 20.8. The number of pyridine rings is 1. The van der Waals surface area contributed by atoms with Crippen molar-refractivity contribution in [1.29, 1.82) is 0 Å².